The van der Waals surface area contributed by atoms with Crippen molar-refractivity contribution < 1.29 is 9.53 Å². The summed E-state index contributed by atoms with van der Waals surface area (Å²) in [6, 6.07) is 1.68. The molecule has 0 aromatic carbocycles. The van der Waals surface area contributed by atoms with Crippen molar-refractivity contribution in [3.63, 3.8) is 0 Å². The average molecular weight is 261 g/mol. The Morgan fingerprint density at radius 1 is 1.58 bits per heavy atom. The molecule has 0 bridgehead atoms. The smallest absolute Gasteiger partial charge is 0.306 e. The molecule has 102 valence electrons. The molecule has 1 unspecified atom stereocenters. The summed E-state index contributed by atoms with van der Waals surface area (Å²) in [6.45, 7) is 2.28. The van der Waals surface area contributed by atoms with E-state index in [0.717, 1.165) is 24.8 Å². The highest BCUT2D eigenvalue weighted by atomic mass is 16.5. The SMILES string of the molecule is CCOC(=O)CC1CC=C(c2nccc(N)n2)CC1. The van der Waals surface area contributed by atoms with E-state index in [4.69, 9.17) is 10.5 Å². The van der Waals surface area contributed by atoms with Crippen molar-refractivity contribution >= 4 is 17.4 Å². The molecule has 2 rings (SSSR count). The molecule has 2 N–H and O–H groups in total. The predicted octanol–water partition coefficient (Wildman–Crippen LogP) is 2.20. The van der Waals surface area contributed by atoms with E-state index < -0.39 is 0 Å². The quantitative estimate of drug-likeness (QED) is 0.840. The van der Waals surface area contributed by atoms with Crippen molar-refractivity contribution in [2.45, 2.75) is 32.6 Å². The number of carbonyl (C=O) groups is 1. The monoisotopic (exact) mass is 261 g/mol. The van der Waals surface area contributed by atoms with Crippen LogP contribution in [0.2, 0.25) is 0 Å². The molecule has 0 spiro atoms. The average Bonchev–Trinajstić information content (AvgIpc) is 2.40. The lowest BCUT2D eigenvalue weighted by molar-refractivity contribution is -0.144. The minimum atomic E-state index is -0.107. The highest BCUT2D eigenvalue weighted by Gasteiger charge is 2.20. The normalized spacial score (nSPS) is 18.8. The topological polar surface area (TPSA) is 78.1 Å². The van der Waals surface area contributed by atoms with Crippen LogP contribution in [0, 0.1) is 5.92 Å². The van der Waals surface area contributed by atoms with E-state index in [0.29, 0.717) is 30.6 Å². The van der Waals surface area contributed by atoms with Crippen LogP contribution in [0.25, 0.3) is 5.57 Å². The fourth-order valence-electron chi connectivity index (χ4n) is 2.26. The Bertz CT molecular complexity index is 485. The summed E-state index contributed by atoms with van der Waals surface area (Å²) in [5.74, 6) is 1.45. The van der Waals surface area contributed by atoms with Gasteiger partial charge in [0.15, 0.2) is 5.82 Å². The minimum absolute atomic E-state index is 0.107. The number of nitrogens with zero attached hydrogens (tertiary/aromatic N) is 2. The summed E-state index contributed by atoms with van der Waals surface area (Å²) in [6.07, 6.45) is 6.99. The Kier molecular flexibility index (Phi) is 4.49. The van der Waals surface area contributed by atoms with Crippen LogP contribution in [-0.2, 0) is 9.53 Å². The largest absolute Gasteiger partial charge is 0.466 e. The van der Waals surface area contributed by atoms with Gasteiger partial charge in [0.05, 0.1) is 6.61 Å². The molecular formula is C14H19N3O2. The van der Waals surface area contributed by atoms with Crippen LogP contribution >= 0.6 is 0 Å². The lowest BCUT2D eigenvalue weighted by Gasteiger charge is -2.20. The third-order valence-electron chi connectivity index (χ3n) is 3.24. The van der Waals surface area contributed by atoms with E-state index in [1.54, 1.807) is 12.3 Å². The van der Waals surface area contributed by atoms with Crippen molar-refractivity contribution in [1.82, 2.24) is 9.97 Å². The molecule has 5 nitrogen and oxygen atoms in total. The van der Waals surface area contributed by atoms with Gasteiger partial charge in [-0.1, -0.05) is 6.08 Å². The van der Waals surface area contributed by atoms with Gasteiger partial charge in [-0.2, -0.15) is 0 Å². The van der Waals surface area contributed by atoms with Gasteiger partial charge in [-0.05, 0) is 43.7 Å². The molecule has 19 heavy (non-hydrogen) atoms. The van der Waals surface area contributed by atoms with Crippen molar-refractivity contribution in [2.75, 3.05) is 12.3 Å². The molecule has 5 heteroatoms. The number of hydrogen-bond donors (Lipinski definition) is 1. The van der Waals surface area contributed by atoms with Crippen LogP contribution in [0.3, 0.4) is 0 Å². The Morgan fingerprint density at radius 3 is 3.05 bits per heavy atom. The molecule has 1 aliphatic rings. The number of allylic oxidation sites excluding steroid dienone is 2. The zero-order chi connectivity index (χ0) is 13.7. The molecule has 1 aliphatic carbocycles. The van der Waals surface area contributed by atoms with Gasteiger partial charge in [-0.25, -0.2) is 9.97 Å². The van der Waals surface area contributed by atoms with Crippen LogP contribution in [-0.4, -0.2) is 22.5 Å². The number of anilines is 1. The summed E-state index contributed by atoms with van der Waals surface area (Å²) in [5, 5.41) is 0. The molecule has 0 saturated heterocycles. The van der Waals surface area contributed by atoms with Gasteiger partial charge in [0.2, 0.25) is 0 Å². The second kappa shape index (κ2) is 6.31. The van der Waals surface area contributed by atoms with Crippen LogP contribution in [0.5, 0.6) is 0 Å². The second-order valence-electron chi connectivity index (χ2n) is 4.68. The molecule has 1 aromatic heterocycles. The summed E-state index contributed by atoms with van der Waals surface area (Å²) in [4.78, 5) is 19.9. The number of nitrogen functional groups attached to an aromatic ring is 1. The van der Waals surface area contributed by atoms with E-state index in [1.165, 1.54) is 0 Å². The highest BCUT2D eigenvalue weighted by molar-refractivity contribution is 5.70. The van der Waals surface area contributed by atoms with Gasteiger partial charge in [-0.15, -0.1) is 0 Å². The first-order valence-electron chi connectivity index (χ1n) is 6.62. The van der Waals surface area contributed by atoms with Gasteiger partial charge in [0.1, 0.15) is 5.82 Å². The fraction of sp³-hybridized carbons (Fsp3) is 0.500. The number of ether oxygens (including phenoxy) is 1. The number of aromatic nitrogens is 2. The molecule has 0 fully saturated rings. The molecule has 0 aliphatic heterocycles. The number of hydrogen-bond acceptors (Lipinski definition) is 5. The maximum absolute atomic E-state index is 11.4. The van der Waals surface area contributed by atoms with Gasteiger partial charge < -0.3 is 10.5 Å². The van der Waals surface area contributed by atoms with Crippen LogP contribution in [0.4, 0.5) is 5.82 Å². The van der Waals surface area contributed by atoms with Crippen molar-refractivity contribution in [3.8, 4) is 0 Å². The zero-order valence-electron chi connectivity index (χ0n) is 11.1. The Hall–Kier alpha value is -1.91. The summed E-state index contributed by atoms with van der Waals surface area (Å²) in [7, 11) is 0. The highest BCUT2D eigenvalue weighted by Crippen LogP contribution is 2.30. The summed E-state index contributed by atoms with van der Waals surface area (Å²) in [5.41, 5.74) is 6.77. The number of carbonyl (C=O) groups excluding carboxylic acids is 1. The van der Waals surface area contributed by atoms with E-state index in [1.807, 2.05) is 6.92 Å². The van der Waals surface area contributed by atoms with E-state index in [2.05, 4.69) is 16.0 Å². The lowest BCUT2D eigenvalue weighted by Crippen LogP contribution is -2.14. The molecule has 1 aromatic rings. The maximum Gasteiger partial charge on any atom is 0.306 e. The van der Waals surface area contributed by atoms with E-state index in [-0.39, 0.29) is 5.97 Å². The van der Waals surface area contributed by atoms with Crippen molar-refractivity contribution in [2.24, 2.45) is 5.92 Å². The molecule has 0 saturated carbocycles. The Morgan fingerprint density at radius 2 is 2.42 bits per heavy atom. The third-order valence-corrected chi connectivity index (χ3v) is 3.24. The molecular weight excluding hydrogens is 242 g/mol. The number of esters is 1. The minimum Gasteiger partial charge on any atom is -0.466 e. The first kappa shape index (κ1) is 13.5. The van der Waals surface area contributed by atoms with Crippen LogP contribution in [0.1, 0.15) is 38.4 Å². The third kappa shape index (κ3) is 3.77. The molecule has 1 atom stereocenters. The predicted molar refractivity (Wildman–Crippen MR) is 73.0 cm³/mol. The zero-order valence-corrected chi connectivity index (χ0v) is 11.1. The van der Waals surface area contributed by atoms with Gasteiger partial charge in [0.25, 0.3) is 0 Å². The lowest BCUT2D eigenvalue weighted by atomic mass is 9.87. The van der Waals surface area contributed by atoms with E-state index >= 15 is 0 Å². The first-order valence-corrected chi connectivity index (χ1v) is 6.62. The van der Waals surface area contributed by atoms with Crippen molar-refractivity contribution in [3.05, 3.63) is 24.2 Å². The van der Waals surface area contributed by atoms with E-state index in [9.17, 15) is 4.79 Å². The van der Waals surface area contributed by atoms with Gasteiger partial charge >= 0.3 is 5.97 Å². The maximum atomic E-state index is 11.4. The van der Waals surface area contributed by atoms with Crippen molar-refractivity contribution in [1.29, 1.82) is 0 Å². The Balaban J connectivity index is 1.94. The fourth-order valence-corrected chi connectivity index (χ4v) is 2.26. The first-order chi connectivity index (χ1) is 9.19. The Labute approximate surface area is 112 Å². The van der Waals surface area contributed by atoms with Gasteiger partial charge in [0, 0.05) is 12.6 Å². The molecule has 0 amide bonds. The summed E-state index contributed by atoms with van der Waals surface area (Å²) >= 11 is 0. The second-order valence-corrected chi connectivity index (χ2v) is 4.68. The number of nitrogens with two attached hydrogens (primary N) is 1. The number of rotatable bonds is 4. The molecule has 0 radical (unpaired) electrons. The van der Waals surface area contributed by atoms with Crippen LogP contribution < -0.4 is 5.73 Å². The molecule has 1 heterocycles. The van der Waals surface area contributed by atoms with Gasteiger partial charge in [-0.3, -0.25) is 4.79 Å². The standard InChI is InChI=1S/C14H19N3O2/c1-2-19-13(18)9-10-3-5-11(6-4-10)14-16-8-7-12(15)17-14/h5,7-8,10H,2-4,6,9H2,1H3,(H2,15,16,17). The van der Waals surface area contributed by atoms with Crippen LogP contribution in [0.15, 0.2) is 18.3 Å². The summed E-state index contributed by atoms with van der Waals surface area (Å²) < 4.78 is 4.97.